The van der Waals surface area contributed by atoms with Crippen molar-refractivity contribution >= 4 is 22.6 Å². The van der Waals surface area contributed by atoms with Crippen LogP contribution in [-0.4, -0.2) is 0 Å². The third-order valence-electron chi connectivity index (χ3n) is 10.1. The van der Waals surface area contributed by atoms with Crippen LogP contribution in [0.2, 0.25) is 0 Å². The molecule has 0 saturated carbocycles. The average Bonchev–Trinajstić information content (AvgIpc) is 3.35. The van der Waals surface area contributed by atoms with E-state index in [9.17, 15) is 0 Å². The van der Waals surface area contributed by atoms with Gasteiger partial charge in [0.2, 0.25) is 0 Å². The van der Waals surface area contributed by atoms with E-state index in [4.69, 9.17) is 0 Å². The summed E-state index contributed by atoms with van der Waals surface area (Å²) in [6.45, 7) is 7.06. The van der Waals surface area contributed by atoms with Crippen molar-refractivity contribution in [1.29, 1.82) is 0 Å². The fraction of sp³-hybridized carbons (Fsp3) is 0.130. The van der Waals surface area contributed by atoms with E-state index in [0.29, 0.717) is 5.92 Å². The van der Waals surface area contributed by atoms with Crippen molar-refractivity contribution < 1.29 is 0 Å². The van der Waals surface area contributed by atoms with Gasteiger partial charge in [0.05, 0.1) is 0 Å². The molecule has 0 N–H and O–H groups in total. The van der Waals surface area contributed by atoms with Crippen LogP contribution in [0.1, 0.15) is 43.9 Å². The summed E-state index contributed by atoms with van der Waals surface area (Å²) < 4.78 is 0. The Balaban J connectivity index is 1.21. The van der Waals surface area contributed by atoms with Crippen LogP contribution in [-0.2, 0) is 5.41 Å². The summed E-state index contributed by atoms with van der Waals surface area (Å²) >= 11 is 0. The number of nitrogens with zero attached hydrogens (tertiary/aromatic N) is 1. The van der Waals surface area contributed by atoms with Crippen molar-refractivity contribution in [2.75, 3.05) is 4.90 Å². The van der Waals surface area contributed by atoms with Crippen molar-refractivity contribution in [3.8, 4) is 33.4 Å². The number of anilines is 3. The second-order valence-corrected chi connectivity index (χ2v) is 13.5. The molecule has 2 aliphatic rings. The summed E-state index contributed by atoms with van der Waals surface area (Å²) in [5.41, 5.74) is 16.4. The highest BCUT2D eigenvalue weighted by atomic mass is 15.1. The van der Waals surface area contributed by atoms with E-state index in [1.165, 1.54) is 61.3 Å². The number of benzene rings is 6. The highest BCUT2D eigenvalue weighted by Crippen LogP contribution is 2.51. The van der Waals surface area contributed by atoms with Gasteiger partial charge in [0.1, 0.15) is 0 Å². The lowest BCUT2D eigenvalue weighted by atomic mass is 9.81. The lowest BCUT2D eigenvalue weighted by Crippen LogP contribution is -2.16. The molecular formula is C46H39N. The van der Waals surface area contributed by atoms with Gasteiger partial charge in [-0.15, -0.1) is 0 Å². The first kappa shape index (κ1) is 29.0. The van der Waals surface area contributed by atoms with E-state index in [0.717, 1.165) is 17.8 Å². The van der Waals surface area contributed by atoms with Crippen molar-refractivity contribution in [3.05, 3.63) is 181 Å². The Kier molecular flexibility index (Phi) is 7.26. The SMILES string of the molecule is CC1CC=CC=C1c1ccc(N(c2ccc(-c3ccccc3)cc2)c2ccc3c(c2)C(C)(C)c2cc(-c4ccccc4)ccc2-3)cc1. The number of fused-ring (bicyclic) bond motifs is 3. The predicted molar refractivity (Wildman–Crippen MR) is 200 cm³/mol. The quantitative estimate of drug-likeness (QED) is 0.183. The van der Waals surface area contributed by atoms with Crippen LogP contribution in [0.3, 0.4) is 0 Å². The Bertz CT molecular complexity index is 2120. The molecule has 0 saturated heterocycles. The normalized spacial score (nSPS) is 15.9. The monoisotopic (exact) mass is 605 g/mol. The van der Waals surface area contributed by atoms with Gasteiger partial charge in [-0.25, -0.2) is 0 Å². The van der Waals surface area contributed by atoms with Gasteiger partial charge in [-0.3, -0.25) is 0 Å². The van der Waals surface area contributed by atoms with Crippen molar-refractivity contribution in [3.63, 3.8) is 0 Å². The fourth-order valence-electron chi connectivity index (χ4n) is 7.48. The molecule has 6 aromatic carbocycles. The summed E-state index contributed by atoms with van der Waals surface area (Å²) in [7, 11) is 0. The van der Waals surface area contributed by atoms with Gasteiger partial charge in [0, 0.05) is 22.5 Å². The largest absolute Gasteiger partial charge is 0.310 e. The van der Waals surface area contributed by atoms with E-state index >= 15 is 0 Å². The number of hydrogen-bond acceptors (Lipinski definition) is 1. The third-order valence-corrected chi connectivity index (χ3v) is 10.1. The Morgan fingerprint density at radius 3 is 1.62 bits per heavy atom. The minimum atomic E-state index is -0.130. The summed E-state index contributed by atoms with van der Waals surface area (Å²) in [5.74, 6) is 0.524. The molecular weight excluding hydrogens is 567 g/mol. The molecule has 0 bridgehead atoms. The van der Waals surface area contributed by atoms with E-state index in [2.05, 4.69) is 189 Å². The molecule has 0 spiro atoms. The zero-order valence-electron chi connectivity index (χ0n) is 27.3. The first-order valence-electron chi connectivity index (χ1n) is 16.7. The summed E-state index contributed by atoms with van der Waals surface area (Å²) in [4.78, 5) is 2.41. The van der Waals surface area contributed by atoms with Crippen LogP contribution in [0.5, 0.6) is 0 Å². The molecule has 6 aromatic rings. The van der Waals surface area contributed by atoms with Crippen LogP contribution in [0.4, 0.5) is 17.1 Å². The van der Waals surface area contributed by atoms with E-state index < -0.39 is 0 Å². The maximum atomic E-state index is 2.42. The van der Waals surface area contributed by atoms with Crippen LogP contribution < -0.4 is 4.90 Å². The molecule has 2 aliphatic carbocycles. The minimum Gasteiger partial charge on any atom is -0.310 e. The topological polar surface area (TPSA) is 3.24 Å². The van der Waals surface area contributed by atoms with Crippen molar-refractivity contribution in [2.45, 2.75) is 32.6 Å². The highest BCUT2D eigenvalue weighted by Gasteiger charge is 2.36. The Hall–Kier alpha value is -5.40. The molecule has 0 aliphatic heterocycles. The average molecular weight is 606 g/mol. The van der Waals surface area contributed by atoms with Crippen LogP contribution in [0, 0.1) is 5.92 Å². The van der Waals surface area contributed by atoms with Gasteiger partial charge < -0.3 is 4.90 Å². The Morgan fingerprint density at radius 1 is 0.511 bits per heavy atom. The van der Waals surface area contributed by atoms with Gasteiger partial charge in [-0.1, -0.05) is 142 Å². The van der Waals surface area contributed by atoms with Crippen LogP contribution >= 0.6 is 0 Å². The number of rotatable bonds is 6. The first-order chi connectivity index (χ1) is 23.0. The molecule has 0 fully saturated rings. The summed E-state index contributed by atoms with van der Waals surface area (Å²) in [6.07, 6.45) is 7.82. The molecule has 1 atom stereocenters. The van der Waals surface area contributed by atoms with Crippen LogP contribution in [0.15, 0.2) is 164 Å². The molecule has 228 valence electrons. The first-order valence-corrected chi connectivity index (χ1v) is 16.7. The third kappa shape index (κ3) is 5.22. The zero-order chi connectivity index (χ0) is 32.0. The fourth-order valence-corrected chi connectivity index (χ4v) is 7.48. The summed E-state index contributed by atoms with van der Waals surface area (Å²) in [6, 6.07) is 53.5. The second kappa shape index (κ2) is 11.8. The molecule has 0 aromatic heterocycles. The van der Waals surface area contributed by atoms with E-state index in [1.54, 1.807) is 0 Å². The maximum Gasteiger partial charge on any atom is 0.0465 e. The Morgan fingerprint density at radius 2 is 1.00 bits per heavy atom. The smallest absolute Gasteiger partial charge is 0.0465 e. The van der Waals surface area contributed by atoms with Crippen molar-refractivity contribution in [1.82, 2.24) is 0 Å². The predicted octanol–water partition coefficient (Wildman–Crippen LogP) is 12.8. The molecule has 0 radical (unpaired) electrons. The van der Waals surface area contributed by atoms with Gasteiger partial charge in [-0.05, 0) is 110 Å². The summed E-state index contributed by atoms with van der Waals surface area (Å²) in [5, 5.41) is 0. The zero-order valence-corrected chi connectivity index (χ0v) is 27.3. The maximum absolute atomic E-state index is 2.42. The Labute approximate surface area is 279 Å². The standard InChI is InChI=1S/C46H39N/c1-32-12-10-11-17-41(32)36-20-25-39(26-21-36)47(38-23-18-35(19-24-38)33-13-6-4-7-14-33)40-27-29-43-42-28-22-37(34-15-8-5-9-16-34)30-44(42)46(2,3)45(43)31-40/h4-11,13-32H,12H2,1-3H3. The lowest BCUT2D eigenvalue weighted by Gasteiger charge is -2.28. The molecule has 1 heteroatoms. The van der Waals surface area contributed by atoms with Gasteiger partial charge >= 0.3 is 0 Å². The van der Waals surface area contributed by atoms with Gasteiger partial charge in [0.25, 0.3) is 0 Å². The molecule has 1 nitrogen and oxygen atoms in total. The molecule has 47 heavy (non-hydrogen) atoms. The van der Waals surface area contributed by atoms with Gasteiger partial charge in [0.15, 0.2) is 0 Å². The highest BCUT2D eigenvalue weighted by molar-refractivity contribution is 5.87. The molecule has 1 unspecified atom stereocenters. The van der Waals surface area contributed by atoms with E-state index in [-0.39, 0.29) is 5.41 Å². The van der Waals surface area contributed by atoms with Gasteiger partial charge in [-0.2, -0.15) is 0 Å². The molecule has 8 rings (SSSR count). The lowest BCUT2D eigenvalue weighted by molar-refractivity contribution is 0.660. The molecule has 0 amide bonds. The molecule has 0 heterocycles. The number of hydrogen-bond donors (Lipinski definition) is 0. The van der Waals surface area contributed by atoms with Crippen molar-refractivity contribution in [2.24, 2.45) is 5.92 Å². The van der Waals surface area contributed by atoms with E-state index in [1.807, 2.05) is 0 Å². The van der Waals surface area contributed by atoms with Crippen LogP contribution in [0.25, 0.3) is 39.0 Å². The minimum absolute atomic E-state index is 0.130. The second-order valence-electron chi connectivity index (χ2n) is 13.5. The number of allylic oxidation sites excluding steroid dienone is 4.